The summed E-state index contributed by atoms with van der Waals surface area (Å²) < 4.78 is 6.18. The predicted molar refractivity (Wildman–Crippen MR) is 92.9 cm³/mol. The molecule has 2 atom stereocenters. The average molecular weight is 340 g/mol. The molecule has 0 bridgehead atoms. The van der Waals surface area contributed by atoms with Crippen molar-refractivity contribution in [2.24, 2.45) is 0 Å². The van der Waals surface area contributed by atoms with E-state index in [9.17, 15) is 15.2 Å². The average Bonchev–Trinajstić information content (AvgIpc) is 3.24. The van der Waals surface area contributed by atoms with Crippen molar-refractivity contribution in [3.63, 3.8) is 0 Å². The molecule has 2 aliphatic rings. The van der Waals surface area contributed by atoms with E-state index in [1.807, 2.05) is 12.1 Å². The zero-order valence-corrected chi connectivity index (χ0v) is 13.8. The van der Waals surface area contributed by atoms with Crippen LogP contribution in [-0.2, 0) is 6.42 Å². The summed E-state index contributed by atoms with van der Waals surface area (Å²) in [5.41, 5.74) is 2.26. The third kappa shape index (κ3) is 2.93. The molecule has 1 N–H and O–H groups in total. The highest BCUT2D eigenvalue weighted by molar-refractivity contribution is 5.48. The number of hydrogen-bond donors (Lipinski definition) is 1. The van der Waals surface area contributed by atoms with Crippen molar-refractivity contribution < 1.29 is 14.8 Å². The Morgan fingerprint density at radius 2 is 1.92 bits per heavy atom. The Balaban J connectivity index is 1.65. The number of nitro groups is 1. The number of phenolic OH excluding ortho intramolecular Hbond substituents is 1. The van der Waals surface area contributed by atoms with Crippen LogP contribution in [0.2, 0.25) is 0 Å². The Kier molecular flexibility index (Phi) is 4.05. The van der Waals surface area contributed by atoms with Gasteiger partial charge in [0.25, 0.3) is 5.69 Å². The molecule has 4 rings (SSSR count). The minimum absolute atomic E-state index is 0.146. The molecule has 2 aromatic rings. The van der Waals surface area contributed by atoms with Crippen LogP contribution in [0.5, 0.6) is 11.5 Å². The maximum Gasteiger partial charge on any atom is 0.273 e. The van der Waals surface area contributed by atoms with E-state index in [1.165, 1.54) is 30.5 Å². The van der Waals surface area contributed by atoms with Gasteiger partial charge in [0.15, 0.2) is 11.5 Å². The second-order valence-corrected chi connectivity index (χ2v) is 6.66. The number of ether oxygens (including phenoxy) is 1. The fourth-order valence-corrected chi connectivity index (χ4v) is 3.93. The third-order valence-electron chi connectivity index (χ3n) is 5.16. The number of non-ortho nitro benzene ring substituents is 1. The summed E-state index contributed by atoms with van der Waals surface area (Å²) in [6, 6.07) is 12.4. The highest BCUT2D eigenvalue weighted by Crippen LogP contribution is 2.41. The monoisotopic (exact) mass is 340 g/mol. The molecule has 0 radical (unpaired) electrons. The van der Waals surface area contributed by atoms with Crippen molar-refractivity contribution in [2.75, 3.05) is 13.1 Å². The molecule has 25 heavy (non-hydrogen) atoms. The minimum Gasteiger partial charge on any atom is -0.504 e. The zero-order valence-electron chi connectivity index (χ0n) is 13.8. The smallest absolute Gasteiger partial charge is 0.273 e. The maximum absolute atomic E-state index is 10.8. The van der Waals surface area contributed by atoms with Crippen LogP contribution in [0.1, 0.15) is 30.1 Å². The van der Waals surface area contributed by atoms with E-state index in [4.69, 9.17) is 4.74 Å². The Hall–Kier alpha value is -2.60. The van der Waals surface area contributed by atoms with Gasteiger partial charge in [-0.1, -0.05) is 24.3 Å². The van der Waals surface area contributed by atoms with Gasteiger partial charge in [-0.3, -0.25) is 15.0 Å². The first-order valence-corrected chi connectivity index (χ1v) is 8.59. The van der Waals surface area contributed by atoms with Gasteiger partial charge in [0.2, 0.25) is 0 Å². The van der Waals surface area contributed by atoms with Crippen LogP contribution in [0.25, 0.3) is 0 Å². The van der Waals surface area contributed by atoms with Crippen LogP contribution in [0, 0.1) is 10.1 Å². The van der Waals surface area contributed by atoms with Crippen LogP contribution in [0.15, 0.2) is 42.5 Å². The molecular weight excluding hydrogens is 320 g/mol. The van der Waals surface area contributed by atoms with E-state index in [2.05, 4.69) is 17.0 Å². The van der Waals surface area contributed by atoms with E-state index < -0.39 is 4.92 Å². The standard InChI is InChI=1S/C19H20N2O4/c22-17-12-14(21(23)24)7-8-18(17)25-19-15-6-2-1-5-13(15)11-16(19)20-9-3-4-10-20/h1-2,5-8,12,16,19,22H,3-4,9-11H2. The van der Waals surface area contributed by atoms with Crippen LogP contribution >= 0.6 is 0 Å². The number of phenols is 1. The Morgan fingerprint density at radius 3 is 2.64 bits per heavy atom. The van der Waals surface area contributed by atoms with Crippen LogP contribution < -0.4 is 4.74 Å². The quantitative estimate of drug-likeness (QED) is 0.681. The molecule has 1 fully saturated rings. The summed E-state index contributed by atoms with van der Waals surface area (Å²) in [6.07, 6.45) is 3.14. The Bertz CT molecular complexity index is 802. The van der Waals surface area contributed by atoms with Crippen molar-refractivity contribution in [3.8, 4) is 11.5 Å². The van der Waals surface area contributed by atoms with Crippen molar-refractivity contribution >= 4 is 5.69 Å². The largest absolute Gasteiger partial charge is 0.504 e. The normalized spacial score (nSPS) is 22.7. The van der Waals surface area contributed by atoms with E-state index in [-0.39, 0.29) is 29.3 Å². The lowest BCUT2D eigenvalue weighted by molar-refractivity contribution is -0.385. The second-order valence-electron chi connectivity index (χ2n) is 6.66. The topological polar surface area (TPSA) is 75.8 Å². The SMILES string of the molecule is O=[N+]([O-])c1ccc(OC2c3ccccc3CC2N2CCCC2)c(O)c1. The minimum atomic E-state index is -0.526. The molecule has 1 heterocycles. The Labute approximate surface area is 145 Å². The number of hydrogen-bond acceptors (Lipinski definition) is 5. The highest BCUT2D eigenvalue weighted by atomic mass is 16.6. The summed E-state index contributed by atoms with van der Waals surface area (Å²) >= 11 is 0. The molecule has 1 aliphatic carbocycles. The molecule has 0 spiro atoms. The fraction of sp³-hybridized carbons (Fsp3) is 0.368. The predicted octanol–water partition coefficient (Wildman–Crippen LogP) is 3.44. The van der Waals surface area contributed by atoms with Gasteiger partial charge in [-0.25, -0.2) is 0 Å². The van der Waals surface area contributed by atoms with Crippen LogP contribution in [0.3, 0.4) is 0 Å². The van der Waals surface area contributed by atoms with E-state index in [0.29, 0.717) is 0 Å². The summed E-state index contributed by atoms with van der Waals surface area (Å²) in [7, 11) is 0. The first-order valence-electron chi connectivity index (χ1n) is 8.59. The molecule has 0 aromatic heterocycles. The second kappa shape index (κ2) is 6.37. The molecule has 6 nitrogen and oxygen atoms in total. The third-order valence-corrected chi connectivity index (χ3v) is 5.16. The fourth-order valence-electron chi connectivity index (χ4n) is 3.93. The van der Waals surface area contributed by atoms with E-state index in [0.717, 1.165) is 31.1 Å². The van der Waals surface area contributed by atoms with Gasteiger partial charge in [0.05, 0.1) is 17.0 Å². The maximum atomic E-state index is 10.8. The van der Waals surface area contributed by atoms with Crippen molar-refractivity contribution in [1.29, 1.82) is 0 Å². The van der Waals surface area contributed by atoms with Gasteiger partial charge >= 0.3 is 0 Å². The van der Waals surface area contributed by atoms with Gasteiger partial charge < -0.3 is 9.84 Å². The highest BCUT2D eigenvalue weighted by Gasteiger charge is 2.39. The summed E-state index contributed by atoms with van der Waals surface area (Å²) in [5, 5.41) is 21.0. The number of likely N-dealkylation sites (tertiary alicyclic amines) is 1. The lowest BCUT2D eigenvalue weighted by Crippen LogP contribution is -2.38. The summed E-state index contributed by atoms with van der Waals surface area (Å²) in [4.78, 5) is 12.8. The molecule has 130 valence electrons. The number of fused-ring (bicyclic) bond motifs is 1. The number of nitrogens with zero attached hydrogens (tertiary/aromatic N) is 2. The molecule has 2 unspecified atom stereocenters. The van der Waals surface area contributed by atoms with Gasteiger partial charge in [-0.15, -0.1) is 0 Å². The molecular formula is C19H20N2O4. The van der Waals surface area contributed by atoms with Gasteiger partial charge in [0.1, 0.15) is 6.10 Å². The van der Waals surface area contributed by atoms with Crippen molar-refractivity contribution in [2.45, 2.75) is 31.4 Å². The number of rotatable bonds is 4. The molecule has 1 saturated heterocycles. The molecule has 2 aromatic carbocycles. The number of aromatic hydroxyl groups is 1. The molecule has 6 heteroatoms. The lowest BCUT2D eigenvalue weighted by atomic mass is 10.1. The van der Waals surface area contributed by atoms with Crippen LogP contribution in [-0.4, -0.2) is 34.1 Å². The van der Waals surface area contributed by atoms with Crippen molar-refractivity contribution in [3.05, 3.63) is 63.7 Å². The zero-order chi connectivity index (χ0) is 17.4. The lowest BCUT2D eigenvalue weighted by Gasteiger charge is -2.30. The first-order chi connectivity index (χ1) is 12.1. The Morgan fingerprint density at radius 1 is 1.16 bits per heavy atom. The van der Waals surface area contributed by atoms with Crippen molar-refractivity contribution in [1.82, 2.24) is 4.90 Å². The van der Waals surface area contributed by atoms with Gasteiger partial charge in [-0.2, -0.15) is 0 Å². The van der Waals surface area contributed by atoms with Crippen LogP contribution in [0.4, 0.5) is 5.69 Å². The number of benzene rings is 2. The molecule has 0 amide bonds. The molecule has 0 saturated carbocycles. The first kappa shape index (κ1) is 15.9. The van der Waals surface area contributed by atoms with Gasteiger partial charge in [0, 0.05) is 6.07 Å². The summed E-state index contributed by atoms with van der Waals surface area (Å²) in [6.45, 7) is 2.12. The molecule has 1 aliphatic heterocycles. The summed E-state index contributed by atoms with van der Waals surface area (Å²) in [5.74, 6) is 0.0928. The number of nitro benzene ring substituents is 1. The van der Waals surface area contributed by atoms with E-state index in [1.54, 1.807) is 0 Å². The van der Waals surface area contributed by atoms with Gasteiger partial charge in [-0.05, 0) is 49.5 Å². The van der Waals surface area contributed by atoms with E-state index >= 15 is 0 Å².